The van der Waals surface area contributed by atoms with Crippen LogP contribution in [0.4, 0.5) is 5.69 Å². The Balaban J connectivity index is 2.12. The average Bonchev–Trinajstić information content (AvgIpc) is 2.95. The zero-order valence-electron chi connectivity index (χ0n) is 11.2. The summed E-state index contributed by atoms with van der Waals surface area (Å²) in [4.78, 5) is 12.0. The minimum atomic E-state index is -0.203. The third-order valence-corrected chi connectivity index (χ3v) is 2.82. The summed E-state index contributed by atoms with van der Waals surface area (Å²) in [5.74, 6) is 5.50. The summed E-state index contributed by atoms with van der Waals surface area (Å²) >= 11 is 5.94. The molecule has 0 atom stereocenters. The maximum atomic E-state index is 12.0. The van der Waals surface area contributed by atoms with Gasteiger partial charge in [-0.15, -0.1) is 0 Å². The Morgan fingerprint density at radius 3 is 3.05 bits per heavy atom. The molecule has 0 fully saturated rings. The summed E-state index contributed by atoms with van der Waals surface area (Å²) in [6, 6.07) is 6.81. The Kier molecular flexibility index (Phi) is 5.38. The molecule has 1 aromatic heterocycles. The summed E-state index contributed by atoms with van der Waals surface area (Å²) in [6.45, 7) is 0.119. The smallest absolute Gasteiger partial charge is 0.246 e. The van der Waals surface area contributed by atoms with E-state index in [4.69, 9.17) is 16.7 Å². The molecule has 0 spiro atoms. The SMILES string of the molecule is O=C(Cn1cccn1)Nc1ccc(Cl)cc1C#CCCO. The van der Waals surface area contributed by atoms with Crippen molar-refractivity contribution in [1.29, 1.82) is 0 Å². The van der Waals surface area contributed by atoms with E-state index in [-0.39, 0.29) is 19.1 Å². The zero-order chi connectivity index (χ0) is 15.1. The Hall–Kier alpha value is -2.29. The number of hydrogen-bond acceptors (Lipinski definition) is 3. The normalized spacial score (nSPS) is 9.81. The summed E-state index contributed by atoms with van der Waals surface area (Å²) in [7, 11) is 0. The molecule has 1 amide bonds. The van der Waals surface area contributed by atoms with Crippen molar-refractivity contribution in [2.24, 2.45) is 0 Å². The molecule has 6 heteroatoms. The van der Waals surface area contributed by atoms with Crippen molar-refractivity contribution in [2.75, 3.05) is 11.9 Å². The molecule has 0 aliphatic rings. The summed E-state index contributed by atoms with van der Waals surface area (Å²) < 4.78 is 1.53. The molecule has 0 aliphatic heterocycles. The molecule has 0 saturated heterocycles. The van der Waals surface area contributed by atoms with Crippen LogP contribution in [0, 0.1) is 11.8 Å². The predicted molar refractivity (Wildman–Crippen MR) is 80.9 cm³/mol. The molecule has 2 aromatic rings. The number of nitrogens with zero attached hydrogens (tertiary/aromatic N) is 2. The number of aliphatic hydroxyl groups excluding tert-OH is 1. The van der Waals surface area contributed by atoms with E-state index in [2.05, 4.69) is 22.3 Å². The highest BCUT2D eigenvalue weighted by molar-refractivity contribution is 6.30. The van der Waals surface area contributed by atoms with Gasteiger partial charge in [0.15, 0.2) is 0 Å². The number of nitrogens with one attached hydrogen (secondary N) is 1. The number of halogens is 1. The fourth-order valence-corrected chi connectivity index (χ4v) is 1.85. The van der Waals surface area contributed by atoms with Gasteiger partial charge in [-0.25, -0.2) is 0 Å². The number of benzene rings is 1. The summed E-state index contributed by atoms with van der Waals surface area (Å²) in [5.41, 5.74) is 1.20. The Bertz CT molecular complexity index is 672. The van der Waals surface area contributed by atoms with Gasteiger partial charge in [0.1, 0.15) is 6.54 Å². The molecule has 2 N–H and O–H groups in total. The van der Waals surface area contributed by atoms with Gasteiger partial charge in [-0.1, -0.05) is 23.4 Å². The van der Waals surface area contributed by atoms with Crippen LogP contribution < -0.4 is 5.32 Å². The maximum absolute atomic E-state index is 12.0. The monoisotopic (exact) mass is 303 g/mol. The average molecular weight is 304 g/mol. The van der Waals surface area contributed by atoms with Crippen LogP contribution in [0.1, 0.15) is 12.0 Å². The number of carbonyl (C=O) groups excluding carboxylic acids is 1. The first-order chi connectivity index (χ1) is 10.2. The van der Waals surface area contributed by atoms with Crippen LogP contribution in [0.15, 0.2) is 36.7 Å². The van der Waals surface area contributed by atoms with Gasteiger partial charge in [-0.2, -0.15) is 5.10 Å². The van der Waals surface area contributed by atoms with Crippen LogP contribution in [-0.4, -0.2) is 27.4 Å². The topological polar surface area (TPSA) is 67.2 Å². The number of anilines is 1. The molecule has 0 bridgehead atoms. The van der Waals surface area contributed by atoms with Crippen LogP contribution in [0.3, 0.4) is 0 Å². The van der Waals surface area contributed by atoms with E-state index < -0.39 is 0 Å². The number of aromatic nitrogens is 2. The molecule has 0 radical (unpaired) electrons. The van der Waals surface area contributed by atoms with Gasteiger partial charge in [-0.05, 0) is 24.3 Å². The standard InChI is InChI=1S/C15H14ClN3O2/c16-13-5-6-14(12(10-13)4-1-2-9-20)18-15(21)11-19-8-3-7-17-19/h3,5-8,10,20H,2,9,11H2,(H,18,21). The lowest BCUT2D eigenvalue weighted by Crippen LogP contribution is -2.19. The van der Waals surface area contributed by atoms with E-state index >= 15 is 0 Å². The van der Waals surface area contributed by atoms with Gasteiger partial charge < -0.3 is 10.4 Å². The first-order valence-corrected chi connectivity index (χ1v) is 6.73. The highest BCUT2D eigenvalue weighted by Crippen LogP contribution is 2.20. The molecule has 5 nitrogen and oxygen atoms in total. The molecule has 2 rings (SSSR count). The van der Waals surface area contributed by atoms with E-state index in [1.807, 2.05) is 0 Å². The summed E-state index contributed by atoms with van der Waals surface area (Å²) in [6.07, 6.45) is 3.69. The van der Waals surface area contributed by atoms with Crippen LogP contribution in [0.25, 0.3) is 0 Å². The quantitative estimate of drug-likeness (QED) is 0.848. The summed E-state index contributed by atoms with van der Waals surface area (Å²) in [5, 5.41) is 16.0. The fraction of sp³-hybridized carbons (Fsp3) is 0.200. The van der Waals surface area contributed by atoms with Crippen molar-refractivity contribution in [2.45, 2.75) is 13.0 Å². The minimum absolute atomic E-state index is 0.00540. The van der Waals surface area contributed by atoms with Gasteiger partial charge in [-0.3, -0.25) is 9.48 Å². The van der Waals surface area contributed by atoms with Gasteiger partial charge in [0.25, 0.3) is 0 Å². The maximum Gasteiger partial charge on any atom is 0.246 e. The molecule has 0 saturated carbocycles. The van der Waals surface area contributed by atoms with Crippen LogP contribution in [-0.2, 0) is 11.3 Å². The lowest BCUT2D eigenvalue weighted by molar-refractivity contribution is -0.116. The molecule has 1 aromatic carbocycles. The lowest BCUT2D eigenvalue weighted by atomic mass is 10.1. The van der Waals surface area contributed by atoms with Crippen molar-refractivity contribution >= 4 is 23.2 Å². The molecular weight excluding hydrogens is 290 g/mol. The molecule has 0 aliphatic carbocycles. The van der Waals surface area contributed by atoms with Gasteiger partial charge >= 0.3 is 0 Å². The highest BCUT2D eigenvalue weighted by atomic mass is 35.5. The van der Waals surface area contributed by atoms with Crippen LogP contribution in [0.2, 0.25) is 5.02 Å². The zero-order valence-corrected chi connectivity index (χ0v) is 12.0. The number of rotatable bonds is 4. The fourth-order valence-electron chi connectivity index (χ4n) is 1.67. The Morgan fingerprint density at radius 1 is 1.48 bits per heavy atom. The van der Waals surface area contributed by atoms with E-state index in [1.165, 1.54) is 4.68 Å². The van der Waals surface area contributed by atoms with E-state index in [0.29, 0.717) is 22.7 Å². The Labute approximate surface area is 127 Å². The second-order valence-corrected chi connectivity index (χ2v) is 4.65. The third-order valence-electron chi connectivity index (χ3n) is 2.58. The van der Waals surface area contributed by atoms with Gasteiger partial charge in [0.05, 0.1) is 12.3 Å². The first-order valence-electron chi connectivity index (χ1n) is 6.35. The van der Waals surface area contributed by atoms with Crippen LogP contribution in [0.5, 0.6) is 0 Å². The molecule has 0 unspecified atom stereocenters. The number of aliphatic hydroxyl groups is 1. The minimum Gasteiger partial charge on any atom is -0.395 e. The van der Waals surface area contributed by atoms with Crippen molar-refractivity contribution in [3.8, 4) is 11.8 Å². The van der Waals surface area contributed by atoms with Crippen molar-refractivity contribution in [3.63, 3.8) is 0 Å². The van der Waals surface area contributed by atoms with E-state index in [0.717, 1.165) is 0 Å². The Morgan fingerprint density at radius 2 is 2.33 bits per heavy atom. The van der Waals surface area contributed by atoms with Gasteiger partial charge in [0.2, 0.25) is 5.91 Å². The second kappa shape index (κ2) is 7.48. The molecule has 108 valence electrons. The molecule has 21 heavy (non-hydrogen) atoms. The highest BCUT2D eigenvalue weighted by Gasteiger charge is 2.07. The van der Waals surface area contributed by atoms with Crippen molar-refractivity contribution < 1.29 is 9.90 Å². The molecular formula is C15H14ClN3O2. The number of carbonyl (C=O) groups is 1. The third kappa shape index (κ3) is 4.63. The largest absolute Gasteiger partial charge is 0.395 e. The predicted octanol–water partition coefficient (Wildman–Crippen LogP) is 1.91. The first kappa shape index (κ1) is 15.1. The number of amides is 1. The molecule has 1 heterocycles. The lowest BCUT2D eigenvalue weighted by Gasteiger charge is -2.08. The van der Waals surface area contributed by atoms with Crippen LogP contribution >= 0.6 is 11.6 Å². The van der Waals surface area contributed by atoms with Crippen molar-refractivity contribution in [3.05, 3.63) is 47.2 Å². The second-order valence-electron chi connectivity index (χ2n) is 4.22. The van der Waals surface area contributed by atoms with Gasteiger partial charge in [0, 0.05) is 29.4 Å². The number of hydrogen-bond donors (Lipinski definition) is 2. The van der Waals surface area contributed by atoms with E-state index in [1.54, 1.807) is 36.7 Å². The van der Waals surface area contributed by atoms with Crippen molar-refractivity contribution in [1.82, 2.24) is 9.78 Å². The van der Waals surface area contributed by atoms with E-state index in [9.17, 15) is 4.79 Å².